The lowest BCUT2D eigenvalue weighted by Crippen LogP contribution is -2.32. The number of carbonyl (C=O) groups excluding carboxylic acids is 1. The molecule has 0 unspecified atom stereocenters. The van der Waals surface area contributed by atoms with Crippen molar-refractivity contribution in [3.05, 3.63) is 0 Å². The highest BCUT2D eigenvalue weighted by atomic mass is 35.5. The summed E-state index contributed by atoms with van der Waals surface area (Å²) in [7, 11) is 1.57. The number of halogens is 2. The van der Waals surface area contributed by atoms with E-state index in [9.17, 15) is 4.79 Å². The molecule has 0 radical (unpaired) electrons. The fraction of sp³-hybridized carbons (Fsp3) is 0.727. The maximum absolute atomic E-state index is 11.7. The number of thioether (sulfide) groups is 1. The molecule has 9 heteroatoms. The van der Waals surface area contributed by atoms with E-state index < -0.39 is 10.8 Å². The second kappa shape index (κ2) is 10.4. The van der Waals surface area contributed by atoms with E-state index in [-0.39, 0.29) is 0 Å². The summed E-state index contributed by atoms with van der Waals surface area (Å²) in [4.78, 5) is 16.5. The molecule has 5 nitrogen and oxygen atoms in total. The van der Waals surface area contributed by atoms with E-state index in [1.165, 1.54) is 28.0 Å². The van der Waals surface area contributed by atoms with Gasteiger partial charge in [0.1, 0.15) is 5.04 Å². The molecule has 20 heavy (non-hydrogen) atoms. The minimum Gasteiger partial charge on any atom is -0.296 e. The summed E-state index contributed by atoms with van der Waals surface area (Å²) in [6.07, 6.45) is -0.179. The minimum atomic E-state index is -0.600. The summed E-state index contributed by atoms with van der Waals surface area (Å²) in [5, 5.41) is 12.7. The van der Waals surface area contributed by atoms with Crippen LogP contribution in [0.15, 0.2) is 5.16 Å². The Bertz CT molecular complexity index is 384. The molecule has 0 atom stereocenters. The summed E-state index contributed by atoms with van der Waals surface area (Å²) in [5.41, 5.74) is 0. The molecule has 0 heterocycles. The van der Waals surface area contributed by atoms with E-state index in [0.717, 1.165) is 0 Å². The first-order chi connectivity index (χ1) is 9.38. The van der Waals surface area contributed by atoms with E-state index in [1.807, 2.05) is 13.0 Å². The number of hydrogen-bond acceptors (Lipinski definition) is 6. The number of nitriles is 1. The number of alkyl halides is 2. The van der Waals surface area contributed by atoms with Crippen molar-refractivity contribution in [2.75, 3.05) is 24.6 Å². The van der Waals surface area contributed by atoms with Crippen molar-refractivity contribution in [1.29, 1.82) is 5.26 Å². The van der Waals surface area contributed by atoms with Crippen LogP contribution in [0.1, 0.15) is 20.3 Å². The Kier molecular flexibility index (Phi) is 10.3. The third-order valence-corrected chi connectivity index (χ3v) is 5.51. The largest absolute Gasteiger partial charge is 0.445 e. The van der Waals surface area contributed by atoms with Crippen LogP contribution in [0.25, 0.3) is 0 Å². The van der Waals surface area contributed by atoms with Crippen LogP contribution in [0.5, 0.6) is 0 Å². The predicted octanol–water partition coefficient (Wildman–Crippen LogP) is 3.92. The maximum atomic E-state index is 11.7. The van der Waals surface area contributed by atoms with E-state index >= 15 is 0 Å². The summed E-state index contributed by atoms with van der Waals surface area (Å²) in [5.74, 6) is 1.24. The molecular weight excluding hydrogens is 341 g/mol. The number of amides is 1. The summed E-state index contributed by atoms with van der Waals surface area (Å²) in [6, 6.07) is 2.02. The fourth-order valence-electron chi connectivity index (χ4n) is 0.884. The fourth-order valence-corrected chi connectivity index (χ4v) is 2.91. The number of nitrogens with zero attached hydrogens (tertiary/aromatic N) is 3. The Hall–Kier alpha value is -0.290. The van der Waals surface area contributed by atoms with Gasteiger partial charge in [-0.25, -0.2) is 4.79 Å². The molecule has 0 aliphatic carbocycles. The Morgan fingerprint density at radius 3 is 2.60 bits per heavy atom. The lowest BCUT2D eigenvalue weighted by atomic mass is 10.2. The van der Waals surface area contributed by atoms with Crippen molar-refractivity contribution in [2.24, 2.45) is 5.16 Å². The van der Waals surface area contributed by atoms with E-state index in [2.05, 4.69) is 5.16 Å². The van der Waals surface area contributed by atoms with Gasteiger partial charge in [-0.15, -0.1) is 35.0 Å². The lowest BCUT2D eigenvalue weighted by Gasteiger charge is -2.27. The molecule has 0 aliphatic rings. The van der Waals surface area contributed by atoms with Gasteiger partial charge in [0.15, 0.2) is 0 Å². The molecule has 0 aromatic rings. The van der Waals surface area contributed by atoms with Gasteiger partial charge in [-0.2, -0.15) is 5.26 Å². The highest BCUT2D eigenvalue weighted by molar-refractivity contribution is 8.13. The van der Waals surface area contributed by atoms with Crippen LogP contribution in [0.3, 0.4) is 0 Å². The van der Waals surface area contributed by atoms with Crippen molar-refractivity contribution in [3.63, 3.8) is 0 Å². The predicted molar refractivity (Wildman–Crippen MR) is 87.5 cm³/mol. The van der Waals surface area contributed by atoms with Crippen LogP contribution < -0.4 is 0 Å². The molecule has 0 saturated carbocycles. The molecule has 0 saturated heterocycles. The summed E-state index contributed by atoms with van der Waals surface area (Å²) >= 11 is 14.2. The molecule has 0 aromatic heterocycles. The third kappa shape index (κ3) is 8.10. The Labute approximate surface area is 138 Å². The third-order valence-electron chi connectivity index (χ3n) is 1.96. The summed E-state index contributed by atoms with van der Waals surface area (Å²) in [6.45, 7) is 3.57. The molecule has 0 rings (SSSR count). The molecule has 0 aromatic carbocycles. The second-order valence-corrected chi connectivity index (χ2v) is 7.57. The van der Waals surface area contributed by atoms with Crippen molar-refractivity contribution >= 4 is 58.0 Å². The van der Waals surface area contributed by atoms with Crippen LogP contribution in [0.2, 0.25) is 0 Å². The first kappa shape index (κ1) is 19.7. The van der Waals surface area contributed by atoms with Gasteiger partial charge in [-0.05, 0) is 25.8 Å². The van der Waals surface area contributed by atoms with Gasteiger partial charge in [0.2, 0.25) is 0 Å². The van der Waals surface area contributed by atoms with Gasteiger partial charge < -0.3 is 0 Å². The van der Waals surface area contributed by atoms with Gasteiger partial charge in [0, 0.05) is 31.0 Å². The van der Waals surface area contributed by atoms with E-state index in [4.69, 9.17) is 33.3 Å². The zero-order valence-electron chi connectivity index (χ0n) is 11.6. The average molecular weight is 358 g/mol. The zero-order valence-corrected chi connectivity index (χ0v) is 14.7. The van der Waals surface area contributed by atoms with E-state index in [0.29, 0.717) is 29.0 Å². The van der Waals surface area contributed by atoms with Gasteiger partial charge in [-0.1, -0.05) is 5.16 Å². The van der Waals surface area contributed by atoms with Crippen LogP contribution in [-0.4, -0.2) is 44.7 Å². The molecule has 0 bridgehead atoms. The van der Waals surface area contributed by atoms with Crippen LogP contribution in [0, 0.1) is 11.3 Å². The number of rotatable bonds is 7. The highest BCUT2D eigenvalue weighted by Crippen LogP contribution is 2.30. The Morgan fingerprint density at radius 2 is 2.10 bits per heavy atom. The molecular formula is C11H17Cl2N3O2S2. The topological polar surface area (TPSA) is 65.7 Å². The second-order valence-electron chi connectivity index (χ2n) is 4.03. The number of carbonyl (C=O) groups is 1. The van der Waals surface area contributed by atoms with Crippen LogP contribution in [0.4, 0.5) is 4.79 Å². The number of oxime groups is 1. The van der Waals surface area contributed by atoms with Gasteiger partial charge in [0.25, 0.3) is 0 Å². The zero-order chi connectivity index (χ0) is 15.6. The van der Waals surface area contributed by atoms with Gasteiger partial charge >= 0.3 is 6.09 Å². The number of hydrogen-bond donors (Lipinski definition) is 0. The van der Waals surface area contributed by atoms with Gasteiger partial charge in [-0.3, -0.25) is 9.14 Å². The van der Waals surface area contributed by atoms with Crippen molar-refractivity contribution in [1.82, 2.24) is 4.31 Å². The van der Waals surface area contributed by atoms with Crippen molar-refractivity contribution < 1.29 is 9.63 Å². The first-order valence-corrected chi connectivity index (χ1v) is 8.51. The molecule has 1 amide bonds. The maximum Gasteiger partial charge on any atom is 0.445 e. The normalized spacial score (nSPS) is 11.9. The Balaban J connectivity index is 4.26. The summed E-state index contributed by atoms with van der Waals surface area (Å²) < 4.78 is 0.860. The minimum absolute atomic E-state index is 0.311. The van der Waals surface area contributed by atoms with Crippen molar-refractivity contribution in [3.8, 4) is 6.07 Å². The van der Waals surface area contributed by atoms with Crippen LogP contribution in [-0.2, 0) is 4.84 Å². The molecule has 0 aliphatic heterocycles. The standard InChI is InChI=1S/C11H17Cl2N3O2S2/c1-9(19-6-4-5-14)15-18-10(17)16(3)20-11(2,7-12)8-13/h4,6-8H2,1-3H3/b15-9+. The lowest BCUT2D eigenvalue weighted by molar-refractivity contribution is 0.137. The SMILES string of the molecule is C/C(=N\OC(=O)N(C)SC(C)(CCl)CCl)SCCC#N. The molecule has 0 N–H and O–H groups in total. The van der Waals surface area contributed by atoms with Crippen molar-refractivity contribution in [2.45, 2.75) is 25.0 Å². The first-order valence-electron chi connectivity index (χ1n) is 5.68. The van der Waals surface area contributed by atoms with Crippen LogP contribution >= 0.6 is 46.9 Å². The smallest absolute Gasteiger partial charge is 0.296 e. The average Bonchev–Trinajstić information content (AvgIpc) is 2.44. The van der Waals surface area contributed by atoms with E-state index in [1.54, 1.807) is 14.0 Å². The molecule has 114 valence electrons. The molecule has 0 spiro atoms. The quantitative estimate of drug-likeness (QED) is 0.131. The molecule has 0 fully saturated rings. The monoisotopic (exact) mass is 357 g/mol. The Morgan fingerprint density at radius 1 is 1.50 bits per heavy atom. The highest BCUT2D eigenvalue weighted by Gasteiger charge is 2.28. The van der Waals surface area contributed by atoms with Gasteiger partial charge in [0.05, 0.1) is 10.8 Å².